The summed E-state index contributed by atoms with van der Waals surface area (Å²) < 4.78 is 8.99. The maximum Gasteiger partial charge on any atom is 0.330 e. The third-order valence-electron chi connectivity index (χ3n) is 1.12. The number of hydrogen-bond donors (Lipinski definition) is 0. The summed E-state index contributed by atoms with van der Waals surface area (Å²) in [6.07, 6.45) is 3.20. The average molecular weight is 409 g/mol. The van der Waals surface area contributed by atoms with Crippen molar-refractivity contribution in [3.05, 3.63) is 12.2 Å². The summed E-state index contributed by atoms with van der Waals surface area (Å²) in [5.41, 5.74) is 0. The average Bonchev–Trinajstić information content (AvgIpc) is 2.22. The van der Waals surface area contributed by atoms with Crippen LogP contribution >= 0.6 is 47.8 Å². The summed E-state index contributed by atoms with van der Waals surface area (Å²) in [5.74, 6) is -0.741. The molecule has 0 saturated heterocycles. The topological polar surface area (TPSA) is 52.6 Å². The zero-order chi connectivity index (χ0) is 11.7. The molecule has 0 amide bonds. The summed E-state index contributed by atoms with van der Waals surface area (Å²) in [6.45, 7) is 0.326. The first-order valence-corrected chi connectivity index (χ1v) is 6.84. The van der Waals surface area contributed by atoms with Gasteiger partial charge in [0.05, 0.1) is 0 Å². The molecule has 0 aliphatic rings. The Hall–Kier alpha value is 0.120. The van der Waals surface area contributed by atoms with Crippen LogP contribution in [0.5, 0.6) is 0 Å². The van der Waals surface area contributed by atoms with Crippen LogP contribution in [0.2, 0.25) is 0 Å². The predicted octanol–water partition coefficient (Wildman–Crippen LogP) is 2.14. The van der Waals surface area contributed by atoms with Gasteiger partial charge < -0.3 is 9.47 Å². The van der Waals surface area contributed by atoms with Crippen LogP contribution in [0.3, 0.4) is 0 Å². The second-order valence-corrected chi connectivity index (χ2v) is 5.84. The second kappa shape index (κ2) is 9.35. The van der Waals surface area contributed by atoms with E-state index >= 15 is 0 Å². The molecule has 0 spiro atoms. The van der Waals surface area contributed by atoms with E-state index in [1.54, 1.807) is 12.2 Å². The van der Waals surface area contributed by atoms with E-state index in [0.717, 1.165) is 0 Å². The van der Waals surface area contributed by atoms with Crippen LogP contribution in [-0.2, 0) is 19.1 Å². The van der Waals surface area contributed by atoms with Crippen molar-refractivity contribution in [2.24, 2.45) is 0 Å². The van der Waals surface area contributed by atoms with Crippen molar-refractivity contribution < 1.29 is 19.1 Å². The third kappa shape index (κ3) is 9.07. The van der Waals surface area contributed by atoms with Crippen LogP contribution in [0.4, 0.5) is 0 Å². The Bertz CT molecular complexity index is 240. The van der Waals surface area contributed by atoms with E-state index in [1.165, 1.54) is 0 Å². The highest BCUT2D eigenvalue weighted by Gasteiger charge is 2.10. The van der Waals surface area contributed by atoms with Crippen molar-refractivity contribution in [3.63, 3.8) is 0 Å². The molecule has 0 rings (SSSR count). The normalized spacial score (nSPS) is 10.7. The summed E-state index contributed by atoms with van der Waals surface area (Å²) in [7, 11) is 0. The first-order chi connectivity index (χ1) is 7.07. The van der Waals surface area contributed by atoms with Crippen LogP contribution in [0, 0.1) is 0 Å². The number of halogens is 3. The molecule has 0 fully saturated rings. The minimum Gasteiger partial charge on any atom is -0.461 e. The fourth-order valence-electron chi connectivity index (χ4n) is 0.509. The van der Waals surface area contributed by atoms with Crippen LogP contribution in [0.25, 0.3) is 0 Å². The highest BCUT2D eigenvalue weighted by atomic mass is 79.9. The summed E-state index contributed by atoms with van der Waals surface area (Å²) in [5, 5.41) is 0.171. The van der Waals surface area contributed by atoms with E-state index < -0.39 is 9.71 Å². The van der Waals surface area contributed by atoms with Gasteiger partial charge in [0.1, 0.15) is 18.5 Å². The molecule has 0 aromatic heterocycles. The number of alkyl halides is 3. The monoisotopic (exact) mass is 406 g/mol. The van der Waals surface area contributed by atoms with Gasteiger partial charge in [0.2, 0.25) is 0 Å². The van der Waals surface area contributed by atoms with Crippen molar-refractivity contribution >= 4 is 59.7 Å². The molecule has 7 heteroatoms. The van der Waals surface area contributed by atoms with Gasteiger partial charge in [-0.2, -0.15) is 0 Å². The Morgan fingerprint density at radius 2 is 1.67 bits per heavy atom. The molecular formula is C8H9Br3O4. The lowest BCUT2D eigenvalue weighted by atomic mass is 10.5. The van der Waals surface area contributed by atoms with Crippen molar-refractivity contribution in [2.45, 2.75) is 3.74 Å². The number of ether oxygens (including phenoxy) is 2. The molecular weight excluding hydrogens is 400 g/mol. The molecule has 0 atom stereocenters. The largest absolute Gasteiger partial charge is 0.461 e. The van der Waals surface area contributed by atoms with Gasteiger partial charge in [0, 0.05) is 0 Å². The number of esters is 2. The Morgan fingerprint density at radius 3 is 2.13 bits per heavy atom. The molecule has 0 heterocycles. The lowest BCUT2D eigenvalue weighted by Gasteiger charge is -2.01. The van der Waals surface area contributed by atoms with Crippen LogP contribution in [0.15, 0.2) is 12.2 Å². The Labute approximate surface area is 113 Å². The lowest BCUT2D eigenvalue weighted by Crippen LogP contribution is -2.11. The van der Waals surface area contributed by atoms with E-state index in [1.807, 2.05) is 0 Å². The molecule has 86 valence electrons. The van der Waals surface area contributed by atoms with Gasteiger partial charge in [-0.05, 0) is 12.2 Å². The maximum absolute atomic E-state index is 10.9. The molecule has 0 aromatic carbocycles. The quantitative estimate of drug-likeness (QED) is 0.384. The predicted molar refractivity (Wildman–Crippen MR) is 66.5 cm³/mol. The molecule has 0 saturated carbocycles. The van der Waals surface area contributed by atoms with E-state index in [4.69, 9.17) is 9.47 Å². The van der Waals surface area contributed by atoms with E-state index in [9.17, 15) is 9.59 Å². The van der Waals surface area contributed by atoms with Crippen LogP contribution in [0.1, 0.15) is 0 Å². The minimum atomic E-state index is -0.496. The minimum absolute atomic E-state index is 0.151. The molecule has 0 bridgehead atoms. The molecule has 0 aliphatic heterocycles. The first-order valence-electron chi connectivity index (χ1n) is 3.89. The standard InChI is InChI=1S/C8H9Br3O4/c9-5-6(12)14-3-1-2-4-15-8(13)7(10)11/h1-2,7H,3-5H2/b2-1+. The number of carbonyl (C=O) groups excluding carboxylic acids is 2. The fourth-order valence-corrected chi connectivity index (χ4v) is 0.935. The van der Waals surface area contributed by atoms with Gasteiger partial charge in [-0.3, -0.25) is 4.79 Å². The third-order valence-corrected chi connectivity index (χ3v) is 2.32. The molecule has 0 aromatic rings. The number of carbonyl (C=O) groups is 2. The molecule has 0 N–H and O–H groups in total. The van der Waals surface area contributed by atoms with Crippen molar-refractivity contribution in [2.75, 3.05) is 18.5 Å². The van der Waals surface area contributed by atoms with Crippen LogP contribution in [-0.4, -0.2) is 34.2 Å². The van der Waals surface area contributed by atoms with Gasteiger partial charge >= 0.3 is 11.9 Å². The van der Waals surface area contributed by atoms with E-state index in [0.29, 0.717) is 0 Å². The smallest absolute Gasteiger partial charge is 0.330 e. The molecule has 15 heavy (non-hydrogen) atoms. The van der Waals surface area contributed by atoms with Crippen LogP contribution < -0.4 is 0 Å². The van der Waals surface area contributed by atoms with Crippen molar-refractivity contribution in [3.8, 4) is 0 Å². The van der Waals surface area contributed by atoms with Gasteiger partial charge in [0.15, 0.2) is 3.74 Å². The summed E-state index contributed by atoms with van der Waals surface area (Å²) >= 11 is 8.94. The Morgan fingerprint density at radius 1 is 1.13 bits per heavy atom. The lowest BCUT2D eigenvalue weighted by molar-refractivity contribution is -0.140. The van der Waals surface area contributed by atoms with Crippen molar-refractivity contribution in [1.82, 2.24) is 0 Å². The summed E-state index contributed by atoms with van der Waals surface area (Å²) in [4.78, 5) is 21.5. The Balaban J connectivity index is 3.47. The van der Waals surface area contributed by atoms with Gasteiger partial charge in [0.25, 0.3) is 0 Å². The van der Waals surface area contributed by atoms with Gasteiger partial charge in [-0.25, -0.2) is 4.79 Å². The zero-order valence-electron chi connectivity index (χ0n) is 7.62. The number of rotatable bonds is 6. The molecule has 0 radical (unpaired) electrons. The van der Waals surface area contributed by atoms with Crippen molar-refractivity contribution in [1.29, 1.82) is 0 Å². The Kier molecular flexibility index (Phi) is 9.43. The zero-order valence-corrected chi connectivity index (χ0v) is 12.4. The molecule has 4 nitrogen and oxygen atoms in total. The highest BCUT2D eigenvalue weighted by Crippen LogP contribution is 2.09. The molecule has 0 aliphatic carbocycles. The second-order valence-electron chi connectivity index (χ2n) is 2.22. The van der Waals surface area contributed by atoms with E-state index in [-0.39, 0.29) is 24.5 Å². The van der Waals surface area contributed by atoms with Gasteiger partial charge in [-0.15, -0.1) is 0 Å². The maximum atomic E-state index is 10.9. The first kappa shape index (κ1) is 15.1. The summed E-state index contributed by atoms with van der Waals surface area (Å²) in [6, 6.07) is 0. The fraction of sp³-hybridized carbons (Fsp3) is 0.500. The SMILES string of the molecule is O=C(CBr)OC/C=C/COC(=O)C(Br)Br. The molecule has 0 unspecified atom stereocenters. The van der Waals surface area contributed by atoms with Gasteiger partial charge in [-0.1, -0.05) is 47.8 Å². The number of hydrogen-bond acceptors (Lipinski definition) is 4. The van der Waals surface area contributed by atoms with E-state index in [2.05, 4.69) is 47.8 Å². The highest BCUT2D eigenvalue weighted by molar-refractivity contribution is 9.25.